The molecule has 0 spiro atoms. The molecule has 2 aromatic heterocycles. The van der Waals surface area contributed by atoms with Crippen molar-refractivity contribution in [2.24, 2.45) is 5.41 Å². The summed E-state index contributed by atoms with van der Waals surface area (Å²) in [5.41, 5.74) is 5.43. The van der Waals surface area contributed by atoms with E-state index in [0.717, 1.165) is 38.9 Å². The first kappa shape index (κ1) is 37.9. The number of benzene rings is 3. The van der Waals surface area contributed by atoms with Gasteiger partial charge in [0.1, 0.15) is 22.3 Å². The van der Waals surface area contributed by atoms with Crippen molar-refractivity contribution in [3.8, 4) is 5.75 Å². The van der Waals surface area contributed by atoms with E-state index in [1.807, 2.05) is 76.6 Å². The van der Waals surface area contributed by atoms with Crippen LogP contribution in [0.1, 0.15) is 85.4 Å². The van der Waals surface area contributed by atoms with Gasteiger partial charge in [-0.25, -0.2) is 19.4 Å². The van der Waals surface area contributed by atoms with E-state index >= 15 is 0 Å². The van der Waals surface area contributed by atoms with E-state index in [4.69, 9.17) is 9.47 Å². The smallest absolute Gasteiger partial charge is 0.376 e. The molecule has 0 radical (unpaired) electrons. The van der Waals surface area contributed by atoms with Crippen LogP contribution in [0, 0.1) is 19.3 Å². The molecule has 3 heterocycles. The van der Waals surface area contributed by atoms with E-state index in [-0.39, 0.29) is 31.0 Å². The van der Waals surface area contributed by atoms with Gasteiger partial charge in [0.15, 0.2) is 0 Å². The lowest BCUT2D eigenvalue weighted by atomic mass is 9.69. The van der Waals surface area contributed by atoms with Crippen molar-refractivity contribution in [3.63, 3.8) is 0 Å². The topological polar surface area (TPSA) is 165 Å². The third-order valence-corrected chi connectivity index (χ3v) is 11.9. The molecule has 2 unspecified atom stereocenters. The number of esters is 1. The van der Waals surface area contributed by atoms with E-state index < -0.39 is 28.1 Å². The monoisotopic (exact) mass is 741 g/mol. The van der Waals surface area contributed by atoms with Crippen LogP contribution < -0.4 is 10.1 Å². The Hall–Kier alpha value is -4.89. The summed E-state index contributed by atoms with van der Waals surface area (Å²) in [6.07, 6.45) is 3.21. The Morgan fingerprint density at radius 2 is 1.79 bits per heavy atom. The molecule has 0 saturated heterocycles. The van der Waals surface area contributed by atoms with Gasteiger partial charge in [0.2, 0.25) is 11.7 Å². The summed E-state index contributed by atoms with van der Waals surface area (Å²) in [6.45, 7) is 14.9. The van der Waals surface area contributed by atoms with E-state index in [9.17, 15) is 18.7 Å². The van der Waals surface area contributed by atoms with Gasteiger partial charge in [-0.05, 0) is 80.1 Å². The predicted octanol–water partition coefficient (Wildman–Crippen LogP) is 7.53. The number of rotatable bonds is 11. The number of ether oxygens (including phenoxy) is 2. The maximum atomic E-state index is 14.4. The van der Waals surface area contributed by atoms with Gasteiger partial charge in [-0.15, -0.1) is 15.9 Å². The number of anilines is 1. The summed E-state index contributed by atoms with van der Waals surface area (Å²) in [5.74, 6) is -1.05. The minimum atomic E-state index is -3.40. The Morgan fingerprint density at radius 3 is 2.49 bits per heavy atom. The predicted molar refractivity (Wildman–Crippen MR) is 204 cm³/mol. The highest BCUT2D eigenvalue weighted by molar-refractivity contribution is 8.22. The van der Waals surface area contributed by atoms with Crippen molar-refractivity contribution in [2.75, 3.05) is 18.5 Å². The fraction of sp³-hybridized carbons (Fsp3) is 0.385. The molecule has 6 rings (SSSR count). The molecule has 280 valence electrons. The second-order valence-corrected chi connectivity index (χ2v) is 15.8. The summed E-state index contributed by atoms with van der Waals surface area (Å²) in [7, 11) is -3.40. The Bertz CT molecular complexity index is 2140. The number of nitrogens with one attached hydrogen (secondary N) is 1. The van der Waals surface area contributed by atoms with E-state index in [0.29, 0.717) is 35.8 Å². The summed E-state index contributed by atoms with van der Waals surface area (Å²) in [4.78, 5) is 35.1. The molecule has 1 aliphatic rings. The van der Waals surface area contributed by atoms with Crippen molar-refractivity contribution in [1.82, 2.24) is 29.3 Å². The summed E-state index contributed by atoms with van der Waals surface area (Å²) >= 11 is 0. The second-order valence-electron chi connectivity index (χ2n) is 13.8. The number of fused-ring (bicyclic) bond motifs is 2. The number of carbonyl (C=O) groups is 2. The molecule has 13 nitrogen and oxygen atoms in total. The fourth-order valence-corrected chi connectivity index (χ4v) is 8.51. The Morgan fingerprint density at radius 1 is 1.06 bits per heavy atom. The molecule has 0 fully saturated rings. The normalized spacial score (nSPS) is 17.0. The first-order valence-electron chi connectivity index (χ1n) is 17.8. The Labute approximate surface area is 311 Å². The van der Waals surface area contributed by atoms with Gasteiger partial charge in [-0.2, -0.15) is 4.31 Å². The molecule has 14 heteroatoms. The zero-order valence-corrected chi connectivity index (χ0v) is 32.0. The minimum absolute atomic E-state index is 0.0976. The van der Waals surface area contributed by atoms with Crippen molar-refractivity contribution < 1.29 is 28.2 Å². The van der Waals surface area contributed by atoms with Crippen molar-refractivity contribution in [2.45, 2.75) is 84.9 Å². The molecule has 1 aliphatic heterocycles. The van der Waals surface area contributed by atoms with Gasteiger partial charge < -0.3 is 14.8 Å². The number of carbonyl (C=O) groups excluding carboxylic acids is 2. The van der Waals surface area contributed by atoms with Crippen LogP contribution >= 0.6 is 10.8 Å². The van der Waals surface area contributed by atoms with Crippen LogP contribution in [-0.4, -0.2) is 69.5 Å². The zero-order chi connectivity index (χ0) is 38.1. The first-order valence-corrected chi connectivity index (χ1v) is 19.3. The van der Waals surface area contributed by atoms with Crippen molar-refractivity contribution in [3.05, 3.63) is 101 Å². The van der Waals surface area contributed by atoms with Crippen LogP contribution in [0.3, 0.4) is 0 Å². The van der Waals surface area contributed by atoms with Crippen LogP contribution in [0.2, 0.25) is 0 Å². The van der Waals surface area contributed by atoms with E-state index in [1.54, 1.807) is 29.4 Å². The zero-order valence-electron chi connectivity index (χ0n) is 31.2. The molecule has 53 heavy (non-hydrogen) atoms. The quantitative estimate of drug-likeness (QED) is 0.115. The van der Waals surface area contributed by atoms with Crippen LogP contribution in [-0.2, 0) is 22.6 Å². The lowest BCUT2D eigenvalue weighted by Crippen LogP contribution is -2.37. The van der Waals surface area contributed by atoms with Crippen LogP contribution in [0.25, 0.3) is 11.0 Å². The SMILES string of the molecule is CCOC(=O)c1ncc(NC(=O)C(C)(C)C(c2ccc(C)c(CN3CC(CC)Oc4ccccc4S3(O)O)c2)c2ccc3c(nnn3CC)c2C)cn1. The summed E-state index contributed by atoms with van der Waals surface area (Å²) in [5, 5.41) is 11.8. The van der Waals surface area contributed by atoms with Crippen LogP contribution in [0.15, 0.2) is 71.9 Å². The first-order chi connectivity index (χ1) is 25.3. The molecule has 3 aromatic carbocycles. The standard InChI is InChI=1S/C39H47N7O6S/c1-8-29-23-45(53(49,50)33-14-12-11-13-32(33)52-29)22-27-19-26(16-15-24(27)4)34(30-17-18-31-35(25(30)5)43-44-46(31)9-2)39(6,7)38(48)42-28-20-40-36(41-21-28)37(47)51-10-3/h11-21,29,34,49-50H,8-10,22-23H2,1-7H3,(H,42,48). The average molecular weight is 742 g/mol. The highest BCUT2D eigenvalue weighted by Gasteiger charge is 2.41. The number of para-hydroxylation sites is 1. The molecular weight excluding hydrogens is 695 g/mol. The Balaban J connectivity index is 1.42. The third kappa shape index (κ3) is 7.36. The number of nitrogens with zero attached hydrogens (tertiary/aromatic N) is 6. The molecule has 0 bridgehead atoms. The van der Waals surface area contributed by atoms with Crippen LogP contribution in [0.4, 0.5) is 5.69 Å². The van der Waals surface area contributed by atoms with Crippen molar-refractivity contribution in [1.29, 1.82) is 0 Å². The fourth-order valence-electron chi connectivity index (χ4n) is 6.89. The van der Waals surface area contributed by atoms with Gasteiger partial charge in [0, 0.05) is 19.0 Å². The van der Waals surface area contributed by atoms with Gasteiger partial charge in [-0.1, -0.05) is 62.4 Å². The van der Waals surface area contributed by atoms with Crippen molar-refractivity contribution >= 4 is 39.4 Å². The average Bonchev–Trinajstić information content (AvgIpc) is 3.53. The molecule has 3 N–H and O–H groups in total. The van der Waals surface area contributed by atoms with Crippen LogP contribution in [0.5, 0.6) is 5.75 Å². The maximum Gasteiger partial charge on any atom is 0.376 e. The summed E-state index contributed by atoms with van der Waals surface area (Å²) in [6, 6.07) is 17.2. The van der Waals surface area contributed by atoms with E-state index in [1.165, 1.54) is 12.4 Å². The molecule has 2 atom stereocenters. The molecule has 0 aliphatic carbocycles. The molecule has 1 amide bonds. The van der Waals surface area contributed by atoms with Gasteiger partial charge in [-0.3, -0.25) is 13.9 Å². The Kier molecular flexibility index (Phi) is 10.9. The highest BCUT2D eigenvalue weighted by Crippen LogP contribution is 2.57. The number of hydrogen-bond acceptors (Lipinski definition) is 11. The molecule has 0 saturated carbocycles. The highest BCUT2D eigenvalue weighted by atomic mass is 32.3. The second kappa shape index (κ2) is 15.2. The lowest BCUT2D eigenvalue weighted by Gasteiger charge is -2.42. The molecule has 5 aromatic rings. The van der Waals surface area contributed by atoms with Gasteiger partial charge in [0.25, 0.3) is 0 Å². The lowest BCUT2D eigenvalue weighted by molar-refractivity contribution is -0.124. The van der Waals surface area contributed by atoms with Gasteiger partial charge >= 0.3 is 5.97 Å². The number of hydrogen-bond donors (Lipinski definition) is 3. The largest absolute Gasteiger partial charge is 0.487 e. The number of aromatic nitrogens is 5. The minimum Gasteiger partial charge on any atom is -0.487 e. The van der Waals surface area contributed by atoms with E-state index in [2.05, 4.69) is 31.7 Å². The third-order valence-electron chi connectivity index (χ3n) is 9.98. The maximum absolute atomic E-state index is 14.4. The van der Waals surface area contributed by atoms with Gasteiger partial charge in [0.05, 0.1) is 42.2 Å². The summed E-state index contributed by atoms with van der Waals surface area (Å²) < 4.78 is 38.3. The number of amides is 1. The number of aryl methyl sites for hydroxylation is 3. The molecular formula is C39H47N7O6S.